The fourth-order valence-electron chi connectivity index (χ4n) is 2.15. The van der Waals surface area contributed by atoms with E-state index in [-0.39, 0.29) is 6.04 Å². The zero-order valence-electron chi connectivity index (χ0n) is 9.88. The first-order valence-electron chi connectivity index (χ1n) is 5.50. The van der Waals surface area contributed by atoms with Gasteiger partial charge in [-0.3, -0.25) is 10.8 Å². The number of aliphatic imine (C=N–C) groups is 1. The number of hydrogen-bond acceptors (Lipinski definition) is 3. The number of hydrazine groups is 1. The average Bonchev–Trinajstić information content (AvgIpc) is 2.60. The maximum absolute atomic E-state index is 5.38. The first-order chi connectivity index (χ1) is 7.13. The monoisotopic (exact) mass is 207 g/mol. The van der Waals surface area contributed by atoms with Gasteiger partial charge in [0.25, 0.3) is 0 Å². The van der Waals surface area contributed by atoms with E-state index in [4.69, 9.17) is 5.84 Å². The zero-order valence-corrected chi connectivity index (χ0v) is 9.88. The molecule has 1 aliphatic rings. The normalized spacial score (nSPS) is 26.4. The third-order valence-corrected chi connectivity index (χ3v) is 3.14. The molecule has 0 aromatic rings. The minimum atomic E-state index is 0.239. The lowest BCUT2D eigenvalue weighted by Gasteiger charge is -2.15. The summed E-state index contributed by atoms with van der Waals surface area (Å²) in [4.78, 5) is 4.67. The molecule has 0 radical (unpaired) electrons. The van der Waals surface area contributed by atoms with Crippen LogP contribution in [-0.2, 0) is 0 Å². The van der Waals surface area contributed by atoms with Crippen molar-refractivity contribution < 1.29 is 0 Å². The van der Waals surface area contributed by atoms with Crippen LogP contribution in [0.3, 0.4) is 0 Å². The summed E-state index contributed by atoms with van der Waals surface area (Å²) in [7, 11) is 0. The van der Waals surface area contributed by atoms with Crippen LogP contribution < -0.4 is 11.3 Å². The molecule has 2 atom stereocenters. The van der Waals surface area contributed by atoms with E-state index in [2.05, 4.69) is 30.8 Å². The highest BCUT2D eigenvalue weighted by molar-refractivity contribution is 5.86. The molecule has 3 nitrogen and oxygen atoms in total. The molecule has 0 saturated heterocycles. The minimum absolute atomic E-state index is 0.239. The number of nitrogens with one attached hydrogen (secondary N) is 1. The highest BCUT2D eigenvalue weighted by Gasteiger charge is 2.27. The summed E-state index contributed by atoms with van der Waals surface area (Å²) in [5.74, 6) is 6.00. The van der Waals surface area contributed by atoms with Crippen LogP contribution in [0.4, 0.5) is 0 Å². The highest BCUT2D eigenvalue weighted by atomic mass is 15.2. The van der Waals surface area contributed by atoms with Crippen molar-refractivity contribution in [2.75, 3.05) is 0 Å². The second-order valence-electron chi connectivity index (χ2n) is 3.99. The van der Waals surface area contributed by atoms with Crippen molar-refractivity contribution in [3.8, 4) is 0 Å². The largest absolute Gasteiger partial charge is 0.324 e. The third kappa shape index (κ3) is 2.48. The van der Waals surface area contributed by atoms with E-state index < -0.39 is 0 Å². The summed E-state index contributed by atoms with van der Waals surface area (Å²) in [6.07, 6.45) is 4.29. The number of rotatable bonds is 4. The first-order valence-corrected chi connectivity index (χ1v) is 5.50. The van der Waals surface area contributed by atoms with Crippen molar-refractivity contribution in [2.24, 2.45) is 16.8 Å². The van der Waals surface area contributed by atoms with Crippen LogP contribution >= 0.6 is 0 Å². The Morgan fingerprint density at radius 3 is 2.80 bits per heavy atom. The van der Waals surface area contributed by atoms with E-state index in [0.29, 0.717) is 5.92 Å². The number of hydrogen-bond donors (Lipinski definition) is 2. The van der Waals surface area contributed by atoms with E-state index in [1.54, 1.807) is 0 Å². The van der Waals surface area contributed by atoms with E-state index in [0.717, 1.165) is 24.1 Å². The maximum atomic E-state index is 5.38. The minimum Gasteiger partial charge on any atom is -0.324 e. The molecule has 1 aliphatic heterocycles. The number of allylic oxidation sites excluding steroid dienone is 1. The zero-order chi connectivity index (χ0) is 11.4. The molecule has 0 bridgehead atoms. The Kier molecular flexibility index (Phi) is 4.09. The summed E-state index contributed by atoms with van der Waals surface area (Å²) in [6, 6.07) is 0.239. The molecular formula is C12H21N3. The Morgan fingerprint density at radius 1 is 1.73 bits per heavy atom. The first kappa shape index (κ1) is 12.0. The van der Waals surface area contributed by atoms with Crippen molar-refractivity contribution >= 4 is 5.71 Å². The van der Waals surface area contributed by atoms with Gasteiger partial charge in [-0.25, -0.2) is 0 Å². The van der Waals surface area contributed by atoms with Gasteiger partial charge in [0.05, 0.1) is 6.04 Å². The Bertz CT molecular complexity index is 302. The Hall–Kier alpha value is -1.09. The van der Waals surface area contributed by atoms with E-state index in [1.165, 1.54) is 5.71 Å². The van der Waals surface area contributed by atoms with Crippen LogP contribution in [0.25, 0.3) is 0 Å². The van der Waals surface area contributed by atoms with E-state index in [1.807, 2.05) is 13.0 Å². The van der Waals surface area contributed by atoms with Crippen molar-refractivity contribution in [3.63, 3.8) is 0 Å². The van der Waals surface area contributed by atoms with Gasteiger partial charge in [0.2, 0.25) is 0 Å². The topological polar surface area (TPSA) is 50.4 Å². The highest BCUT2D eigenvalue weighted by Crippen LogP contribution is 2.29. The predicted molar refractivity (Wildman–Crippen MR) is 65.5 cm³/mol. The van der Waals surface area contributed by atoms with Gasteiger partial charge in [0, 0.05) is 11.4 Å². The second-order valence-corrected chi connectivity index (χ2v) is 3.99. The van der Waals surface area contributed by atoms with Crippen LogP contribution in [-0.4, -0.2) is 11.8 Å². The van der Waals surface area contributed by atoms with Crippen molar-refractivity contribution in [1.29, 1.82) is 0 Å². The van der Waals surface area contributed by atoms with Gasteiger partial charge in [-0.2, -0.15) is 0 Å². The van der Waals surface area contributed by atoms with Gasteiger partial charge in [0.15, 0.2) is 0 Å². The molecule has 0 saturated carbocycles. The summed E-state index contributed by atoms with van der Waals surface area (Å²) in [6.45, 7) is 10.2. The van der Waals surface area contributed by atoms with Crippen LogP contribution in [0, 0.1) is 5.92 Å². The smallest absolute Gasteiger partial charge is 0.0771 e. The molecule has 0 aromatic carbocycles. The Labute approximate surface area is 92.1 Å². The van der Waals surface area contributed by atoms with Gasteiger partial charge in [0.1, 0.15) is 0 Å². The molecule has 0 amide bonds. The molecule has 0 aromatic heterocycles. The summed E-state index contributed by atoms with van der Waals surface area (Å²) >= 11 is 0. The lowest BCUT2D eigenvalue weighted by molar-refractivity contribution is 0.596. The molecule has 3 N–H and O–H groups in total. The average molecular weight is 207 g/mol. The molecule has 0 aliphatic carbocycles. The Balaban J connectivity index is 2.79. The standard InChI is InChI=1S/C12H21N3/c1-5-10-7-12(14-8(10)3)11(6-2)9(4)15-13/h6,10,12,15H,4-5,7,13H2,1-3H3/b11-6-. The number of nitrogens with two attached hydrogens (primary N) is 1. The SMILES string of the molecule is C=C(NN)/C(=C/C)C1CC(CC)C(C)=N1. The quantitative estimate of drug-likeness (QED) is 0.422. The predicted octanol–water partition coefficient (Wildman–Crippen LogP) is 2.17. The fraction of sp³-hybridized carbons (Fsp3) is 0.583. The molecule has 2 unspecified atom stereocenters. The molecule has 84 valence electrons. The lowest BCUT2D eigenvalue weighted by atomic mass is 9.93. The van der Waals surface area contributed by atoms with Gasteiger partial charge < -0.3 is 5.43 Å². The van der Waals surface area contributed by atoms with Crippen LogP contribution in [0.2, 0.25) is 0 Å². The lowest BCUT2D eigenvalue weighted by Crippen LogP contribution is -2.25. The summed E-state index contributed by atoms with van der Waals surface area (Å²) < 4.78 is 0. The molecular weight excluding hydrogens is 186 g/mol. The second kappa shape index (κ2) is 5.12. The fourth-order valence-corrected chi connectivity index (χ4v) is 2.15. The molecule has 0 fully saturated rings. The maximum Gasteiger partial charge on any atom is 0.0771 e. The van der Waals surface area contributed by atoms with Crippen molar-refractivity contribution in [1.82, 2.24) is 5.43 Å². The van der Waals surface area contributed by atoms with Crippen molar-refractivity contribution in [2.45, 2.75) is 39.7 Å². The van der Waals surface area contributed by atoms with Gasteiger partial charge in [-0.1, -0.05) is 19.6 Å². The molecule has 15 heavy (non-hydrogen) atoms. The summed E-state index contributed by atoms with van der Waals surface area (Å²) in [5.41, 5.74) is 5.76. The van der Waals surface area contributed by atoms with Gasteiger partial charge >= 0.3 is 0 Å². The van der Waals surface area contributed by atoms with Gasteiger partial charge in [-0.15, -0.1) is 0 Å². The van der Waals surface area contributed by atoms with E-state index >= 15 is 0 Å². The van der Waals surface area contributed by atoms with Crippen molar-refractivity contribution in [3.05, 3.63) is 23.9 Å². The third-order valence-electron chi connectivity index (χ3n) is 3.14. The molecule has 3 heteroatoms. The Morgan fingerprint density at radius 2 is 2.40 bits per heavy atom. The molecule has 1 rings (SSSR count). The van der Waals surface area contributed by atoms with Crippen LogP contribution in [0.5, 0.6) is 0 Å². The van der Waals surface area contributed by atoms with Crippen LogP contribution in [0.15, 0.2) is 28.9 Å². The van der Waals surface area contributed by atoms with Gasteiger partial charge in [-0.05, 0) is 38.2 Å². The molecule has 1 heterocycles. The van der Waals surface area contributed by atoms with Crippen LogP contribution in [0.1, 0.15) is 33.6 Å². The molecule has 0 spiro atoms. The number of nitrogens with zero attached hydrogens (tertiary/aromatic N) is 1. The van der Waals surface area contributed by atoms with E-state index in [9.17, 15) is 0 Å². The summed E-state index contributed by atoms with van der Waals surface area (Å²) in [5, 5.41) is 0.